The van der Waals surface area contributed by atoms with Crippen LogP contribution in [-0.2, 0) is 5.52 Å². The second-order valence-corrected chi connectivity index (χ2v) is 2.35. The van der Waals surface area contributed by atoms with Gasteiger partial charge in [0.2, 0.25) is 0 Å². The first-order valence-corrected chi connectivity index (χ1v) is 3.83. The fourth-order valence-corrected chi connectivity index (χ4v) is 0. The summed E-state index contributed by atoms with van der Waals surface area (Å²) in [5, 5.41) is 0. The molecule has 0 fully saturated rings. The monoisotopic (exact) mass is 228 g/mol. The Morgan fingerprint density at radius 3 is 0.800 bits per heavy atom. The minimum atomic E-state index is -5.94. The van der Waals surface area contributed by atoms with Crippen LogP contribution in [0.1, 0.15) is 0 Å². The van der Waals surface area contributed by atoms with Crippen LogP contribution in [0.15, 0.2) is 0 Å². The van der Waals surface area contributed by atoms with E-state index in [1.807, 2.05) is 0 Å². The molecule has 0 rings (SSSR count). The van der Waals surface area contributed by atoms with Crippen molar-refractivity contribution in [3.05, 3.63) is 0 Å². The van der Waals surface area contributed by atoms with Gasteiger partial charge in [0.15, 0.2) is 0 Å². The summed E-state index contributed by atoms with van der Waals surface area (Å²) in [6, 6.07) is 0. The molecule has 0 saturated heterocycles. The van der Waals surface area contributed by atoms with E-state index in [0.717, 1.165) is 0 Å². The van der Waals surface area contributed by atoms with Crippen LogP contribution < -0.4 is 0 Å². The van der Waals surface area contributed by atoms with Gasteiger partial charge >= 0.3 is 36.2 Å². The van der Waals surface area contributed by atoms with Gasteiger partial charge in [0.05, 0.1) is 0 Å². The van der Waals surface area contributed by atoms with Crippen LogP contribution in [-0.4, -0.2) is 0 Å². The first-order chi connectivity index (χ1) is 2.00. The fourth-order valence-electron chi connectivity index (χ4n) is 0. The molecule has 5 heavy (non-hydrogen) atoms. The zero-order chi connectivity index (χ0) is 4.50. The second-order valence-electron chi connectivity index (χ2n) is 0.316. The summed E-state index contributed by atoms with van der Waals surface area (Å²) in [5.74, 6) is 0. The maximum absolute atomic E-state index is 8.62. The Morgan fingerprint density at radius 2 is 0.800 bits per heavy atom. The third-order valence-corrected chi connectivity index (χ3v) is 0. The van der Waals surface area contributed by atoms with Gasteiger partial charge in [-0.3, -0.25) is 0 Å². The summed E-state index contributed by atoms with van der Waals surface area (Å²) in [6.45, 7) is 0. The average molecular weight is 226 g/mol. The SMILES string of the molecule is [O]=[Dy](=[O])(=[O])=[O]. The van der Waals surface area contributed by atoms with Crippen molar-refractivity contribution in [2.45, 2.75) is 0 Å². The van der Waals surface area contributed by atoms with Crippen molar-refractivity contribution in [3.8, 4) is 0 Å². The first-order valence-electron chi connectivity index (χ1n) is 0.516. The Morgan fingerprint density at radius 1 is 0.800 bits per heavy atom. The molecular weight excluding hydrogens is 226 g/mol. The van der Waals surface area contributed by atoms with Crippen LogP contribution in [0.4, 0.5) is 0 Å². The maximum atomic E-state index is 8.62. The summed E-state index contributed by atoms with van der Waals surface area (Å²) in [5.41, 5.74) is 0. The van der Waals surface area contributed by atoms with Crippen molar-refractivity contribution < 1.29 is 36.2 Å². The second kappa shape index (κ2) is 1.29. The van der Waals surface area contributed by atoms with E-state index in [4.69, 9.17) is 5.52 Å². The number of hydrogen-bond donors (Lipinski definition) is 0. The predicted octanol–water partition coefficient (Wildman–Crippen LogP) is -0.475. The molecule has 0 aliphatic carbocycles. The van der Waals surface area contributed by atoms with Crippen LogP contribution in [0.3, 0.4) is 0 Å². The minimum absolute atomic E-state index is 5.94. The molecule has 5 heteroatoms. The quantitative estimate of drug-likeness (QED) is 0.560. The molecule has 0 heterocycles. The summed E-state index contributed by atoms with van der Waals surface area (Å²) in [4.78, 5) is 0. The van der Waals surface area contributed by atoms with Gasteiger partial charge in [-0.05, 0) is 0 Å². The average Bonchev–Trinajstić information content (AvgIpc) is 0.722. The van der Waals surface area contributed by atoms with Crippen molar-refractivity contribution in [2.75, 3.05) is 0 Å². The molecule has 0 aliphatic rings. The number of hydrogen-bond acceptors (Lipinski definition) is 4. The molecule has 0 saturated carbocycles. The van der Waals surface area contributed by atoms with Crippen molar-refractivity contribution in [3.63, 3.8) is 0 Å². The predicted molar refractivity (Wildman–Crippen MR) is 2.75 cm³/mol. The molecule has 0 radical (unpaired) electrons. The van der Waals surface area contributed by atoms with Crippen LogP contribution in [0.25, 0.3) is 0 Å². The van der Waals surface area contributed by atoms with E-state index in [1.54, 1.807) is 0 Å². The van der Waals surface area contributed by atoms with Crippen LogP contribution in [0.2, 0.25) is 0 Å². The summed E-state index contributed by atoms with van der Waals surface area (Å²) in [6.07, 6.45) is 0. The molecule has 0 aromatic carbocycles. The molecule has 0 aromatic rings. The van der Waals surface area contributed by atoms with Gasteiger partial charge in [-0.1, -0.05) is 0 Å². The molecule has 0 atom stereocenters. The Bertz CT molecular complexity index is 155. The molecule has 4 nitrogen and oxygen atoms in total. The standard InChI is InChI=1S/Dy.4O. The van der Waals surface area contributed by atoms with Gasteiger partial charge in [-0.25, -0.2) is 0 Å². The Hall–Kier alpha value is 0.473. The van der Waals surface area contributed by atoms with Crippen LogP contribution in [0, 0.1) is 30.7 Å². The summed E-state index contributed by atoms with van der Waals surface area (Å²) >= 11 is -5.94. The molecule has 0 N–H and O–H groups in total. The van der Waals surface area contributed by atoms with E-state index in [9.17, 15) is 0 Å². The third kappa shape index (κ3) is 122. The fraction of sp³-hybridized carbons (Fsp3) is 0. The number of rotatable bonds is 0. The van der Waals surface area contributed by atoms with Gasteiger partial charge in [-0.15, -0.1) is 0 Å². The molecule has 0 unspecified atom stereocenters. The molecule has 0 bridgehead atoms. The van der Waals surface area contributed by atoms with E-state index < -0.39 is 30.7 Å². The van der Waals surface area contributed by atoms with E-state index in [0.29, 0.717) is 0 Å². The zero-order valence-electron chi connectivity index (χ0n) is 1.95. The van der Waals surface area contributed by atoms with Gasteiger partial charge in [0.1, 0.15) is 0 Å². The normalized spacial score (nSPS) is 14.4. The third-order valence-electron chi connectivity index (χ3n) is 0. The van der Waals surface area contributed by atoms with Gasteiger partial charge in [0.25, 0.3) is 0 Å². The molecule has 0 aliphatic heterocycles. The molecular formula is DyO4. The first kappa shape index (κ1) is 5.47. The summed E-state index contributed by atoms with van der Waals surface area (Å²) in [7, 11) is 0. The van der Waals surface area contributed by atoms with E-state index in [2.05, 4.69) is 0 Å². The molecule has 0 amide bonds. The Labute approximate surface area is 36.0 Å². The van der Waals surface area contributed by atoms with Crippen LogP contribution >= 0.6 is 0 Å². The Kier molecular flexibility index (Phi) is 1.41. The van der Waals surface area contributed by atoms with E-state index >= 15 is 0 Å². The van der Waals surface area contributed by atoms with Crippen molar-refractivity contribution in [1.29, 1.82) is 0 Å². The molecule has 0 spiro atoms. The van der Waals surface area contributed by atoms with E-state index in [-0.39, 0.29) is 0 Å². The topological polar surface area (TPSA) is 68.3 Å². The molecule has 0 aromatic heterocycles. The van der Waals surface area contributed by atoms with Crippen LogP contribution in [0.5, 0.6) is 0 Å². The van der Waals surface area contributed by atoms with Gasteiger partial charge in [-0.2, -0.15) is 0 Å². The van der Waals surface area contributed by atoms with Crippen molar-refractivity contribution in [2.24, 2.45) is 0 Å². The van der Waals surface area contributed by atoms with Crippen molar-refractivity contribution in [1.82, 2.24) is 0 Å². The van der Waals surface area contributed by atoms with Crippen molar-refractivity contribution >= 4 is 0 Å². The van der Waals surface area contributed by atoms with Gasteiger partial charge in [0, 0.05) is 0 Å². The Balaban J connectivity index is 6.05. The summed E-state index contributed by atoms with van der Waals surface area (Å²) < 4.78 is 34.5. The van der Waals surface area contributed by atoms with Gasteiger partial charge < -0.3 is 0 Å². The molecule has 34 valence electrons. The van der Waals surface area contributed by atoms with E-state index in [1.165, 1.54) is 0 Å². The zero-order valence-corrected chi connectivity index (χ0v) is 3.98.